The maximum Gasteiger partial charge on any atom is 0.350 e. The highest BCUT2D eigenvalue weighted by atomic mass is 19.1. The second-order valence-corrected chi connectivity index (χ2v) is 8.30. The summed E-state index contributed by atoms with van der Waals surface area (Å²) in [7, 11) is 1.57. The molecule has 0 fully saturated rings. The van der Waals surface area contributed by atoms with Gasteiger partial charge in [-0.25, -0.2) is 9.18 Å². The molecular formula is C24H31FN6O3. The first-order valence-corrected chi connectivity index (χ1v) is 11.2. The van der Waals surface area contributed by atoms with Crippen molar-refractivity contribution >= 4 is 23.0 Å². The van der Waals surface area contributed by atoms with Crippen molar-refractivity contribution in [2.45, 2.75) is 53.1 Å². The Morgan fingerprint density at radius 2 is 1.94 bits per heavy atom. The molecule has 1 atom stereocenters. The van der Waals surface area contributed by atoms with E-state index in [2.05, 4.69) is 10.4 Å². The van der Waals surface area contributed by atoms with Crippen LogP contribution in [0.4, 0.5) is 21.5 Å². The number of aromatic nitrogens is 3. The molecule has 182 valence electrons. The molecule has 10 heteroatoms. The molecule has 1 heterocycles. The van der Waals surface area contributed by atoms with E-state index in [1.807, 2.05) is 20.8 Å². The lowest BCUT2D eigenvalue weighted by Crippen LogP contribution is -2.24. The Balaban J connectivity index is 2.10. The number of nitrogens with zero attached hydrogens (tertiary/aromatic N) is 3. The fourth-order valence-electron chi connectivity index (χ4n) is 3.80. The van der Waals surface area contributed by atoms with Crippen LogP contribution in [-0.2, 0) is 13.5 Å². The van der Waals surface area contributed by atoms with Gasteiger partial charge in [0.05, 0.1) is 23.0 Å². The molecule has 0 saturated carbocycles. The van der Waals surface area contributed by atoms with Gasteiger partial charge in [-0.3, -0.25) is 9.36 Å². The Labute approximate surface area is 197 Å². The zero-order valence-electron chi connectivity index (χ0n) is 20.1. The van der Waals surface area contributed by atoms with Crippen LogP contribution in [0.1, 0.15) is 55.4 Å². The number of nitrogen functional groups attached to an aromatic ring is 2. The second kappa shape index (κ2) is 9.98. The third-order valence-corrected chi connectivity index (χ3v) is 5.56. The predicted octanol–water partition coefficient (Wildman–Crippen LogP) is 3.57. The van der Waals surface area contributed by atoms with Gasteiger partial charge in [0.25, 0.3) is 5.91 Å². The van der Waals surface area contributed by atoms with Crippen LogP contribution in [0.2, 0.25) is 0 Å². The Kier molecular flexibility index (Phi) is 7.29. The molecule has 0 radical (unpaired) electrons. The van der Waals surface area contributed by atoms with E-state index in [-0.39, 0.29) is 28.8 Å². The number of nitrogens with two attached hydrogens (primary N) is 2. The van der Waals surface area contributed by atoms with Gasteiger partial charge in [0.2, 0.25) is 0 Å². The number of rotatable bonds is 8. The Morgan fingerprint density at radius 1 is 1.24 bits per heavy atom. The van der Waals surface area contributed by atoms with E-state index in [1.165, 1.54) is 16.7 Å². The number of carbonyl (C=O) groups excluding carboxylic acids is 1. The third kappa shape index (κ3) is 4.90. The molecule has 0 aliphatic heterocycles. The van der Waals surface area contributed by atoms with Gasteiger partial charge in [-0.2, -0.15) is 4.68 Å². The summed E-state index contributed by atoms with van der Waals surface area (Å²) in [6.45, 7) is 7.47. The fraction of sp³-hybridized carbons (Fsp3) is 0.375. The Morgan fingerprint density at radius 3 is 2.53 bits per heavy atom. The second-order valence-electron chi connectivity index (χ2n) is 8.30. The SMILES string of the molecule is CCC[C@H](C)Oc1cc(-n2nc(CC)n(C)c2=O)c(F)cc1C(=O)Nc1c(C)cc(N)cc1N. The van der Waals surface area contributed by atoms with Gasteiger partial charge in [-0.05, 0) is 44.0 Å². The van der Waals surface area contributed by atoms with E-state index in [0.717, 1.165) is 23.6 Å². The maximum absolute atomic E-state index is 15.3. The number of nitrogens with one attached hydrogen (secondary N) is 1. The van der Waals surface area contributed by atoms with E-state index in [9.17, 15) is 9.59 Å². The largest absolute Gasteiger partial charge is 0.490 e. The van der Waals surface area contributed by atoms with Crippen molar-refractivity contribution in [1.29, 1.82) is 0 Å². The van der Waals surface area contributed by atoms with Gasteiger partial charge in [0.15, 0.2) is 0 Å². The van der Waals surface area contributed by atoms with Crippen molar-refractivity contribution in [1.82, 2.24) is 14.3 Å². The quantitative estimate of drug-likeness (QED) is 0.432. The predicted molar refractivity (Wildman–Crippen MR) is 131 cm³/mol. The number of ether oxygens (including phenoxy) is 1. The van der Waals surface area contributed by atoms with Crippen molar-refractivity contribution in [3.05, 3.63) is 57.5 Å². The molecule has 0 bridgehead atoms. The summed E-state index contributed by atoms with van der Waals surface area (Å²) in [5.41, 5.74) is 13.0. The first kappa shape index (κ1) is 24.8. The van der Waals surface area contributed by atoms with Crippen LogP contribution in [0, 0.1) is 12.7 Å². The van der Waals surface area contributed by atoms with Crippen LogP contribution >= 0.6 is 0 Å². The van der Waals surface area contributed by atoms with E-state index in [0.29, 0.717) is 29.2 Å². The van der Waals surface area contributed by atoms with Crippen LogP contribution in [0.5, 0.6) is 5.75 Å². The average Bonchev–Trinajstić information content (AvgIpc) is 3.05. The first-order valence-electron chi connectivity index (χ1n) is 11.2. The summed E-state index contributed by atoms with van der Waals surface area (Å²) in [5.74, 6) is -0.753. The number of anilines is 3. The molecule has 0 unspecified atom stereocenters. The summed E-state index contributed by atoms with van der Waals surface area (Å²) in [6, 6.07) is 5.60. The van der Waals surface area contributed by atoms with Gasteiger partial charge in [-0.15, -0.1) is 5.10 Å². The van der Waals surface area contributed by atoms with Crippen LogP contribution in [0.3, 0.4) is 0 Å². The molecule has 3 rings (SSSR count). The standard InChI is InChI=1S/C24H31FN6O3/c1-6-8-14(4)34-20-12-19(31-24(33)30(5)21(7-2)29-31)17(25)11-16(20)23(32)28-22-13(3)9-15(26)10-18(22)27/h9-12,14H,6-8,26-27H2,1-5H3,(H,28,32)/t14-/m0/s1. The van der Waals surface area contributed by atoms with E-state index in [4.69, 9.17) is 16.2 Å². The fourth-order valence-corrected chi connectivity index (χ4v) is 3.80. The summed E-state index contributed by atoms with van der Waals surface area (Å²) < 4.78 is 23.6. The van der Waals surface area contributed by atoms with Crippen LogP contribution in [0.15, 0.2) is 29.1 Å². The van der Waals surface area contributed by atoms with Gasteiger partial charge >= 0.3 is 5.69 Å². The van der Waals surface area contributed by atoms with Gasteiger partial charge in [0.1, 0.15) is 23.1 Å². The van der Waals surface area contributed by atoms with Crippen molar-refractivity contribution < 1.29 is 13.9 Å². The number of aryl methyl sites for hydroxylation is 2. The van der Waals surface area contributed by atoms with Crippen LogP contribution in [-0.4, -0.2) is 26.4 Å². The first-order chi connectivity index (χ1) is 16.1. The van der Waals surface area contributed by atoms with Crippen LogP contribution in [0.25, 0.3) is 5.69 Å². The van der Waals surface area contributed by atoms with Gasteiger partial charge in [-0.1, -0.05) is 20.3 Å². The number of halogens is 1. The minimum Gasteiger partial charge on any atom is -0.490 e. The molecule has 34 heavy (non-hydrogen) atoms. The van der Waals surface area contributed by atoms with Crippen molar-refractivity contribution in [3.8, 4) is 11.4 Å². The van der Waals surface area contributed by atoms with E-state index < -0.39 is 17.4 Å². The summed E-state index contributed by atoms with van der Waals surface area (Å²) >= 11 is 0. The molecule has 0 saturated heterocycles. The van der Waals surface area contributed by atoms with Crippen LogP contribution < -0.4 is 27.2 Å². The summed E-state index contributed by atoms with van der Waals surface area (Å²) in [6.07, 6.45) is 1.84. The van der Waals surface area contributed by atoms with Gasteiger partial charge in [0, 0.05) is 25.2 Å². The number of benzene rings is 2. The highest BCUT2D eigenvalue weighted by Gasteiger charge is 2.23. The number of hydrogen-bond acceptors (Lipinski definition) is 6. The molecule has 0 aliphatic rings. The molecule has 0 spiro atoms. The molecule has 2 aromatic carbocycles. The zero-order valence-corrected chi connectivity index (χ0v) is 20.1. The highest BCUT2D eigenvalue weighted by molar-refractivity contribution is 6.08. The molecule has 3 aromatic rings. The third-order valence-electron chi connectivity index (χ3n) is 5.56. The van der Waals surface area contributed by atoms with E-state index >= 15 is 4.39 Å². The van der Waals surface area contributed by atoms with Gasteiger partial charge < -0.3 is 21.5 Å². The molecule has 9 nitrogen and oxygen atoms in total. The molecule has 0 aliphatic carbocycles. The van der Waals surface area contributed by atoms with Crippen molar-refractivity contribution in [2.75, 3.05) is 16.8 Å². The van der Waals surface area contributed by atoms with Crippen molar-refractivity contribution in [3.63, 3.8) is 0 Å². The van der Waals surface area contributed by atoms with Crippen molar-refractivity contribution in [2.24, 2.45) is 7.05 Å². The summed E-state index contributed by atoms with van der Waals surface area (Å²) in [5, 5.41) is 6.97. The highest BCUT2D eigenvalue weighted by Crippen LogP contribution is 2.30. The number of carbonyl (C=O) groups is 1. The molecule has 5 N–H and O–H groups in total. The van der Waals surface area contributed by atoms with E-state index in [1.54, 1.807) is 20.0 Å². The molecule has 1 amide bonds. The lowest BCUT2D eigenvalue weighted by atomic mass is 10.1. The molecule has 1 aromatic heterocycles. The molecular weight excluding hydrogens is 439 g/mol. The minimum atomic E-state index is -0.787. The topological polar surface area (TPSA) is 130 Å². The minimum absolute atomic E-state index is 0.0282. The zero-order chi connectivity index (χ0) is 25.2. The average molecular weight is 471 g/mol. The number of hydrogen-bond donors (Lipinski definition) is 3. The Bertz CT molecular complexity index is 1260. The monoisotopic (exact) mass is 470 g/mol. The normalized spacial score (nSPS) is 11.9. The lowest BCUT2D eigenvalue weighted by Gasteiger charge is -2.19. The smallest absolute Gasteiger partial charge is 0.350 e. The summed E-state index contributed by atoms with van der Waals surface area (Å²) in [4.78, 5) is 25.9. The lowest BCUT2D eigenvalue weighted by molar-refractivity contribution is 0.101. The Hall–Kier alpha value is -3.82. The maximum atomic E-state index is 15.3. The number of amides is 1.